The van der Waals surface area contributed by atoms with Gasteiger partial charge in [-0.15, -0.1) is 0 Å². The second-order valence-corrected chi connectivity index (χ2v) is 4.55. The van der Waals surface area contributed by atoms with Crippen LogP contribution in [0.3, 0.4) is 0 Å². The van der Waals surface area contributed by atoms with E-state index in [4.69, 9.17) is 4.42 Å². The van der Waals surface area contributed by atoms with Gasteiger partial charge in [0.2, 0.25) is 5.91 Å². The van der Waals surface area contributed by atoms with E-state index in [-0.39, 0.29) is 12.5 Å². The number of carbonyl (C=O) groups is 2. The number of urea groups is 1. The number of carbonyl (C=O) groups excluding carboxylic acids is 2. The highest BCUT2D eigenvalue weighted by atomic mass is 16.3. The molecular weight excluding hydrogens is 248 g/mol. The minimum absolute atomic E-state index is 0.242. The number of nitrogens with zero attached hydrogens (tertiary/aromatic N) is 2. The molecule has 2 rings (SSSR count). The van der Waals surface area contributed by atoms with E-state index in [2.05, 4.69) is 15.6 Å². The van der Waals surface area contributed by atoms with Gasteiger partial charge in [-0.05, 0) is 25.9 Å². The number of imide groups is 1. The van der Waals surface area contributed by atoms with Gasteiger partial charge in [0.25, 0.3) is 0 Å². The van der Waals surface area contributed by atoms with Crippen LogP contribution in [0.1, 0.15) is 24.7 Å². The summed E-state index contributed by atoms with van der Waals surface area (Å²) in [5, 5.41) is 4.60. The Hall–Kier alpha value is -1.89. The summed E-state index contributed by atoms with van der Waals surface area (Å²) < 4.78 is 5.29. The van der Waals surface area contributed by atoms with Crippen molar-refractivity contribution >= 4 is 11.9 Å². The molecule has 1 saturated heterocycles. The zero-order valence-electron chi connectivity index (χ0n) is 10.9. The van der Waals surface area contributed by atoms with Crippen molar-refractivity contribution in [3.8, 4) is 0 Å². The van der Waals surface area contributed by atoms with E-state index in [0.29, 0.717) is 5.92 Å². The molecule has 3 amide bonds. The fraction of sp³-hybridized carbons (Fsp3) is 0.583. The predicted molar refractivity (Wildman–Crippen MR) is 67.5 cm³/mol. The Kier molecular flexibility index (Phi) is 4.51. The molecule has 1 aliphatic rings. The molecule has 7 nitrogen and oxygen atoms in total. The zero-order valence-corrected chi connectivity index (χ0v) is 10.9. The normalized spacial score (nSPS) is 17.1. The number of likely N-dealkylation sites (tertiary alicyclic amines) is 1. The average molecular weight is 266 g/mol. The second-order valence-electron chi connectivity index (χ2n) is 4.55. The maximum Gasteiger partial charge on any atom is 0.321 e. The second kappa shape index (κ2) is 6.33. The van der Waals surface area contributed by atoms with Crippen LogP contribution in [-0.2, 0) is 4.79 Å². The Morgan fingerprint density at radius 2 is 2.21 bits per heavy atom. The SMILES string of the molecule is CNC(=O)NC(=O)CN1CCC(c2ncco2)CC1. The van der Waals surface area contributed by atoms with Crippen LogP contribution < -0.4 is 10.6 Å². The lowest BCUT2D eigenvalue weighted by Gasteiger charge is -2.29. The van der Waals surface area contributed by atoms with Gasteiger partial charge >= 0.3 is 6.03 Å². The number of rotatable bonds is 3. The summed E-state index contributed by atoms with van der Waals surface area (Å²) in [5.41, 5.74) is 0. The van der Waals surface area contributed by atoms with Crippen LogP contribution in [0, 0.1) is 0 Å². The third-order valence-electron chi connectivity index (χ3n) is 3.24. The van der Waals surface area contributed by atoms with Crippen LogP contribution in [0.5, 0.6) is 0 Å². The fourth-order valence-electron chi connectivity index (χ4n) is 2.21. The molecule has 1 fully saturated rings. The van der Waals surface area contributed by atoms with E-state index in [1.807, 2.05) is 4.90 Å². The van der Waals surface area contributed by atoms with Crippen molar-refractivity contribution in [2.45, 2.75) is 18.8 Å². The van der Waals surface area contributed by atoms with Gasteiger partial charge in [-0.1, -0.05) is 0 Å². The minimum atomic E-state index is -0.473. The van der Waals surface area contributed by atoms with Gasteiger partial charge in [-0.2, -0.15) is 0 Å². The molecule has 0 spiro atoms. The molecule has 1 aromatic heterocycles. The number of amides is 3. The first-order valence-corrected chi connectivity index (χ1v) is 6.32. The van der Waals surface area contributed by atoms with Crippen molar-refractivity contribution in [1.29, 1.82) is 0 Å². The monoisotopic (exact) mass is 266 g/mol. The Bertz CT molecular complexity index is 424. The molecule has 0 aliphatic carbocycles. The van der Waals surface area contributed by atoms with Gasteiger partial charge in [0.05, 0.1) is 12.7 Å². The number of hydrogen-bond donors (Lipinski definition) is 2. The van der Waals surface area contributed by atoms with Crippen LogP contribution in [0.2, 0.25) is 0 Å². The molecule has 7 heteroatoms. The van der Waals surface area contributed by atoms with E-state index >= 15 is 0 Å². The van der Waals surface area contributed by atoms with E-state index in [9.17, 15) is 9.59 Å². The Morgan fingerprint density at radius 1 is 1.47 bits per heavy atom. The minimum Gasteiger partial charge on any atom is -0.449 e. The van der Waals surface area contributed by atoms with E-state index in [1.165, 1.54) is 7.05 Å². The van der Waals surface area contributed by atoms with E-state index in [1.54, 1.807) is 12.5 Å². The Balaban J connectivity index is 1.74. The van der Waals surface area contributed by atoms with E-state index < -0.39 is 6.03 Å². The number of hydrogen-bond acceptors (Lipinski definition) is 5. The first kappa shape index (κ1) is 13.5. The first-order chi connectivity index (χ1) is 9.19. The van der Waals surface area contributed by atoms with Gasteiger partial charge in [0, 0.05) is 13.0 Å². The Morgan fingerprint density at radius 3 is 2.79 bits per heavy atom. The van der Waals surface area contributed by atoms with Gasteiger partial charge in [0.1, 0.15) is 6.26 Å². The molecule has 1 aliphatic heterocycles. The smallest absolute Gasteiger partial charge is 0.321 e. The van der Waals surface area contributed by atoms with Crippen LogP contribution >= 0.6 is 0 Å². The predicted octanol–water partition coefficient (Wildman–Crippen LogP) is 0.310. The lowest BCUT2D eigenvalue weighted by Crippen LogP contribution is -2.45. The number of nitrogens with one attached hydrogen (secondary N) is 2. The molecule has 0 atom stereocenters. The summed E-state index contributed by atoms with van der Waals surface area (Å²) in [4.78, 5) is 28.7. The third kappa shape index (κ3) is 3.78. The van der Waals surface area contributed by atoms with E-state index in [0.717, 1.165) is 31.8 Å². The van der Waals surface area contributed by atoms with Crippen LogP contribution in [0.25, 0.3) is 0 Å². The summed E-state index contributed by atoms with van der Waals surface area (Å²) in [6.07, 6.45) is 5.05. The van der Waals surface area contributed by atoms with Gasteiger partial charge in [-0.3, -0.25) is 15.0 Å². The van der Waals surface area contributed by atoms with Crippen molar-refractivity contribution < 1.29 is 14.0 Å². The van der Waals surface area contributed by atoms with Gasteiger partial charge < -0.3 is 9.73 Å². The van der Waals surface area contributed by atoms with Crippen molar-refractivity contribution in [2.75, 3.05) is 26.7 Å². The standard InChI is InChI=1S/C12H18N4O3/c1-13-12(18)15-10(17)8-16-5-2-9(3-6-16)11-14-4-7-19-11/h4,7,9H,2-3,5-6,8H2,1H3,(H2,13,15,17,18). The maximum absolute atomic E-state index is 11.5. The number of aromatic nitrogens is 1. The fourth-order valence-corrected chi connectivity index (χ4v) is 2.21. The quantitative estimate of drug-likeness (QED) is 0.822. The molecule has 0 aromatic carbocycles. The summed E-state index contributed by atoms with van der Waals surface area (Å²) in [6, 6.07) is -0.473. The molecule has 0 bridgehead atoms. The van der Waals surface area contributed by atoms with Gasteiger partial charge in [-0.25, -0.2) is 9.78 Å². The molecule has 0 unspecified atom stereocenters. The third-order valence-corrected chi connectivity index (χ3v) is 3.24. The van der Waals surface area contributed by atoms with Crippen molar-refractivity contribution in [2.24, 2.45) is 0 Å². The highest BCUT2D eigenvalue weighted by Gasteiger charge is 2.24. The number of piperidine rings is 1. The lowest BCUT2D eigenvalue weighted by atomic mass is 9.97. The Labute approximate surface area is 111 Å². The van der Waals surface area contributed by atoms with Crippen molar-refractivity contribution in [3.05, 3.63) is 18.4 Å². The summed E-state index contributed by atoms with van der Waals surface area (Å²) >= 11 is 0. The molecule has 0 radical (unpaired) electrons. The number of oxazole rings is 1. The average Bonchev–Trinajstić information content (AvgIpc) is 2.93. The lowest BCUT2D eigenvalue weighted by molar-refractivity contribution is -0.121. The highest BCUT2D eigenvalue weighted by Crippen LogP contribution is 2.26. The molecule has 2 heterocycles. The van der Waals surface area contributed by atoms with Gasteiger partial charge in [0.15, 0.2) is 5.89 Å². The summed E-state index contributed by atoms with van der Waals surface area (Å²) in [6.45, 7) is 1.84. The van der Waals surface area contributed by atoms with Crippen molar-refractivity contribution in [3.63, 3.8) is 0 Å². The summed E-state index contributed by atoms with van der Waals surface area (Å²) in [5.74, 6) is 0.816. The topological polar surface area (TPSA) is 87.5 Å². The molecule has 19 heavy (non-hydrogen) atoms. The highest BCUT2D eigenvalue weighted by molar-refractivity contribution is 5.95. The molecule has 1 aromatic rings. The zero-order chi connectivity index (χ0) is 13.7. The van der Waals surface area contributed by atoms with Crippen LogP contribution in [0.15, 0.2) is 16.9 Å². The maximum atomic E-state index is 11.5. The molecular formula is C12H18N4O3. The first-order valence-electron chi connectivity index (χ1n) is 6.32. The van der Waals surface area contributed by atoms with Crippen LogP contribution in [0.4, 0.5) is 4.79 Å². The largest absolute Gasteiger partial charge is 0.449 e. The van der Waals surface area contributed by atoms with Crippen LogP contribution in [-0.4, -0.2) is 48.5 Å². The molecule has 104 valence electrons. The molecule has 2 N–H and O–H groups in total. The molecule has 0 saturated carbocycles. The van der Waals surface area contributed by atoms with Crippen molar-refractivity contribution in [1.82, 2.24) is 20.5 Å². The summed E-state index contributed by atoms with van der Waals surface area (Å²) in [7, 11) is 1.48.